The highest BCUT2D eigenvalue weighted by Crippen LogP contribution is 2.60. The number of hydrogen-bond donors (Lipinski definition) is 1. The lowest BCUT2D eigenvalue weighted by molar-refractivity contribution is -0.113. The Bertz CT molecular complexity index is 855. The van der Waals surface area contributed by atoms with E-state index in [0.29, 0.717) is 11.2 Å². The predicted octanol–water partition coefficient (Wildman–Crippen LogP) is 6.03. The first kappa shape index (κ1) is 20.0. The number of carbonyl (C=O) groups excluding carboxylic acids is 1. The van der Waals surface area contributed by atoms with Crippen LogP contribution in [-0.4, -0.2) is 18.8 Å². The average molecular weight is 422 g/mol. The molecule has 4 aliphatic rings. The average Bonchev–Trinajstić information content (AvgIpc) is 2.74. The molecule has 158 valence electrons. The third-order valence-corrected chi connectivity index (χ3v) is 8.48. The van der Waals surface area contributed by atoms with Crippen LogP contribution >= 0.6 is 11.8 Å². The molecule has 4 heteroatoms. The lowest BCUT2D eigenvalue weighted by atomic mass is 9.48. The molecule has 0 heterocycles. The summed E-state index contributed by atoms with van der Waals surface area (Å²) < 4.78 is 5.18. The molecule has 0 radical (unpaired) electrons. The Morgan fingerprint density at radius 3 is 2.13 bits per heavy atom. The smallest absolute Gasteiger partial charge is 0.234 e. The van der Waals surface area contributed by atoms with Crippen LogP contribution in [0.1, 0.15) is 49.7 Å². The van der Waals surface area contributed by atoms with E-state index in [-0.39, 0.29) is 5.91 Å². The van der Waals surface area contributed by atoms with Crippen molar-refractivity contribution in [1.82, 2.24) is 0 Å². The number of hydrogen-bond acceptors (Lipinski definition) is 3. The molecule has 30 heavy (non-hydrogen) atoms. The third kappa shape index (κ3) is 4.12. The van der Waals surface area contributed by atoms with Gasteiger partial charge in [-0.25, -0.2) is 0 Å². The van der Waals surface area contributed by atoms with Crippen LogP contribution < -0.4 is 10.1 Å². The zero-order chi connectivity index (χ0) is 20.6. The van der Waals surface area contributed by atoms with E-state index in [1.54, 1.807) is 18.9 Å². The van der Waals surface area contributed by atoms with Crippen LogP contribution in [0.5, 0.6) is 5.75 Å². The molecule has 0 atom stereocenters. The summed E-state index contributed by atoms with van der Waals surface area (Å²) in [5.74, 6) is 5.08. The lowest BCUT2D eigenvalue weighted by Gasteiger charge is -2.57. The van der Waals surface area contributed by atoms with E-state index in [1.165, 1.54) is 49.7 Å². The maximum atomic E-state index is 12.4. The fourth-order valence-electron chi connectivity index (χ4n) is 6.55. The second kappa shape index (κ2) is 8.30. The minimum atomic E-state index is 0.0658. The van der Waals surface area contributed by atoms with Gasteiger partial charge < -0.3 is 10.1 Å². The van der Waals surface area contributed by atoms with Gasteiger partial charge in [0.05, 0.1) is 12.9 Å². The van der Waals surface area contributed by atoms with E-state index in [4.69, 9.17) is 4.74 Å². The summed E-state index contributed by atoms with van der Waals surface area (Å²) in [7, 11) is 1.67. The number of nitrogens with one attached hydrogen (secondary N) is 1. The third-order valence-electron chi connectivity index (χ3n) is 7.48. The molecule has 4 bridgehead atoms. The maximum Gasteiger partial charge on any atom is 0.234 e. The van der Waals surface area contributed by atoms with E-state index in [1.807, 2.05) is 24.3 Å². The predicted molar refractivity (Wildman–Crippen MR) is 124 cm³/mol. The molecule has 0 aromatic heterocycles. The molecule has 6 rings (SSSR count). The Labute approximate surface area is 184 Å². The van der Waals surface area contributed by atoms with Gasteiger partial charge >= 0.3 is 0 Å². The lowest BCUT2D eigenvalue weighted by Crippen LogP contribution is -2.48. The Balaban J connectivity index is 1.14. The van der Waals surface area contributed by atoms with Crippen molar-refractivity contribution in [2.45, 2.75) is 49.7 Å². The minimum absolute atomic E-state index is 0.0658. The molecule has 3 nitrogen and oxygen atoms in total. The molecular weight excluding hydrogens is 390 g/mol. The number of ether oxygens (including phenoxy) is 1. The molecule has 4 saturated carbocycles. The van der Waals surface area contributed by atoms with E-state index < -0.39 is 0 Å². The fourth-order valence-corrected chi connectivity index (χ4v) is 7.34. The van der Waals surface area contributed by atoms with Crippen molar-refractivity contribution >= 4 is 23.4 Å². The number of thioether (sulfide) groups is 1. The number of amides is 1. The number of benzene rings is 2. The molecule has 0 spiro atoms. The van der Waals surface area contributed by atoms with Crippen LogP contribution in [0.25, 0.3) is 0 Å². The Morgan fingerprint density at radius 2 is 1.57 bits per heavy atom. The van der Waals surface area contributed by atoms with Gasteiger partial charge in [0.1, 0.15) is 5.75 Å². The fraction of sp³-hybridized carbons (Fsp3) is 0.500. The van der Waals surface area contributed by atoms with Crippen molar-refractivity contribution in [2.75, 3.05) is 18.2 Å². The minimum Gasteiger partial charge on any atom is -0.497 e. The first-order valence-electron chi connectivity index (χ1n) is 11.2. The highest BCUT2D eigenvalue weighted by Gasteiger charge is 2.51. The zero-order valence-electron chi connectivity index (χ0n) is 17.7. The number of rotatable bonds is 7. The highest BCUT2D eigenvalue weighted by atomic mass is 32.2. The van der Waals surface area contributed by atoms with Gasteiger partial charge in [-0.05, 0) is 97.1 Å². The van der Waals surface area contributed by atoms with Crippen molar-refractivity contribution in [1.29, 1.82) is 0 Å². The van der Waals surface area contributed by atoms with Gasteiger partial charge in [0.15, 0.2) is 0 Å². The zero-order valence-corrected chi connectivity index (χ0v) is 18.5. The van der Waals surface area contributed by atoms with Crippen molar-refractivity contribution in [3.63, 3.8) is 0 Å². The van der Waals surface area contributed by atoms with Crippen LogP contribution in [0.4, 0.5) is 5.69 Å². The molecule has 4 fully saturated rings. The summed E-state index contributed by atoms with van der Waals surface area (Å²) in [6.45, 7) is 0. The highest BCUT2D eigenvalue weighted by molar-refractivity contribution is 7.99. The molecule has 4 aliphatic carbocycles. The standard InChI is InChI=1S/C26H31NO2S/c1-29-24-8-2-18(3-9-24)16-30-17-25(28)27-23-6-4-22(5-7-23)26-13-19-10-20(14-26)12-21(11-19)15-26/h2-9,19-21H,10-17H2,1H3,(H,27,28). The van der Waals surface area contributed by atoms with Crippen LogP contribution in [-0.2, 0) is 16.0 Å². The maximum absolute atomic E-state index is 12.4. The first-order valence-corrected chi connectivity index (χ1v) is 12.4. The van der Waals surface area contributed by atoms with E-state index in [9.17, 15) is 4.79 Å². The summed E-state index contributed by atoms with van der Waals surface area (Å²) in [6, 6.07) is 16.8. The number of methoxy groups -OCH3 is 1. The van der Waals surface area contributed by atoms with Crippen molar-refractivity contribution in [2.24, 2.45) is 17.8 Å². The molecule has 1 amide bonds. The molecule has 0 aliphatic heterocycles. The number of anilines is 1. The van der Waals surface area contributed by atoms with Gasteiger partial charge in [-0.15, -0.1) is 11.8 Å². The van der Waals surface area contributed by atoms with Gasteiger partial charge in [-0.2, -0.15) is 0 Å². The van der Waals surface area contributed by atoms with Crippen LogP contribution in [0.15, 0.2) is 48.5 Å². The molecule has 0 unspecified atom stereocenters. The van der Waals surface area contributed by atoms with Gasteiger partial charge in [-0.1, -0.05) is 24.3 Å². The van der Waals surface area contributed by atoms with Crippen LogP contribution in [0.2, 0.25) is 0 Å². The second-order valence-electron chi connectivity index (χ2n) is 9.66. The summed E-state index contributed by atoms with van der Waals surface area (Å²) in [5.41, 5.74) is 4.05. The first-order chi connectivity index (χ1) is 14.6. The largest absolute Gasteiger partial charge is 0.497 e. The Kier molecular flexibility index (Phi) is 5.53. The molecule has 0 saturated heterocycles. The van der Waals surface area contributed by atoms with Crippen LogP contribution in [0.3, 0.4) is 0 Å². The molecule has 2 aromatic carbocycles. The summed E-state index contributed by atoms with van der Waals surface area (Å²) in [6.07, 6.45) is 8.57. The summed E-state index contributed by atoms with van der Waals surface area (Å²) in [5, 5.41) is 3.07. The number of carbonyl (C=O) groups is 1. The van der Waals surface area contributed by atoms with E-state index in [0.717, 1.165) is 34.9 Å². The summed E-state index contributed by atoms with van der Waals surface area (Å²) in [4.78, 5) is 12.4. The van der Waals surface area contributed by atoms with Gasteiger partial charge in [0.25, 0.3) is 0 Å². The topological polar surface area (TPSA) is 38.3 Å². The summed E-state index contributed by atoms with van der Waals surface area (Å²) >= 11 is 1.64. The van der Waals surface area contributed by atoms with Crippen molar-refractivity contribution < 1.29 is 9.53 Å². The quantitative estimate of drug-likeness (QED) is 0.593. The molecule has 2 aromatic rings. The Hall–Kier alpha value is -1.94. The second-order valence-corrected chi connectivity index (χ2v) is 10.6. The van der Waals surface area contributed by atoms with Gasteiger partial charge in [-0.3, -0.25) is 4.79 Å². The van der Waals surface area contributed by atoms with E-state index >= 15 is 0 Å². The van der Waals surface area contributed by atoms with Gasteiger partial charge in [0, 0.05) is 11.4 Å². The SMILES string of the molecule is COc1ccc(CSCC(=O)Nc2ccc(C34CC5CC(CC(C5)C3)C4)cc2)cc1. The van der Waals surface area contributed by atoms with E-state index in [2.05, 4.69) is 29.6 Å². The van der Waals surface area contributed by atoms with Crippen molar-refractivity contribution in [3.05, 3.63) is 59.7 Å². The molecule has 1 N–H and O–H groups in total. The Morgan fingerprint density at radius 1 is 0.967 bits per heavy atom. The monoisotopic (exact) mass is 421 g/mol. The molecular formula is C26H31NO2S. The normalized spacial score (nSPS) is 29.0. The van der Waals surface area contributed by atoms with Crippen molar-refractivity contribution in [3.8, 4) is 5.75 Å². The van der Waals surface area contributed by atoms with Crippen LogP contribution in [0, 0.1) is 17.8 Å². The van der Waals surface area contributed by atoms with Gasteiger partial charge in [0.2, 0.25) is 5.91 Å².